The smallest absolute Gasteiger partial charge is 0.251 e. The van der Waals surface area contributed by atoms with Crippen LogP contribution in [0.2, 0.25) is 0 Å². The van der Waals surface area contributed by atoms with Gasteiger partial charge < -0.3 is 10.1 Å². The molecule has 2 aliphatic heterocycles. The van der Waals surface area contributed by atoms with E-state index in [-0.39, 0.29) is 5.91 Å². The van der Waals surface area contributed by atoms with Gasteiger partial charge in [-0.2, -0.15) is 5.10 Å². The number of ether oxygens (including phenoxy) is 1. The van der Waals surface area contributed by atoms with Crippen molar-refractivity contribution in [2.24, 2.45) is 5.92 Å². The summed E-state index contributed by atoms with van der Waals surface area (Å²) in [5, 5.41) is 8.02. The summed E-state index contributed by atoms with van der Waals surface area (Å²) in [5.74, 6) is 0.586. The van der Waals surface area contributed by atoms with E-state index in [1.165, 1.54) is 17.0 Å². The van der Waals surface area contributed by atoms with Gasteiger partial charge in [0, 0.05) is 42.9 Å². The molecule has 3 heterocycles. The first kappa shape index (κ1) is 21.1. The molecule has 1 saturated heterocycles. The zero-order chi connectivity index (χ0) is 21.1. The van der Waals surface area contributed by atoms with Crippen molar-refractivity contribution in [1.29, 1.82) is 0 Å². The van der Waals surface area contributed by atoms with Crippen LogP contribution in [0.25, 0.3) is 0 Å². The van der Waals surface area contributed by atoms with Gasteiger partial charge in [0.1, 0.15) is 0 Å². The van der Waals surface area contributed by atoms with Gasteiger partial charge in [0.2, 0.25) is 0 Å². The molecule has 1 fully saturated rings. The average molecular weight is 411 g/mol. The minimum atomic E-state index is 0.0426. The lowest BCUT2D eigenvalue weighted by Crippen LogP contribution is -2.38. The fourth-order valence-corrected chi connectivity index (χ4v) is 4.77. The number of amides is 1. The lowest BCUT2D eigenvalue weighted by atomic mass is 9.96. The van der Waals surface area contributed by atoms with E-state index in [9.17, 15) is 4.79 Å². The number of carbonyl (C=O) groups excluding carboxylic acids is 1. The fourth-order valence-electron chi connectivity index (χ4n) is 4.77. The zero-order valence-corrected chi connectivity index (χ0v) is 18.5. The highest BCUT2D eigenvalue weighted by Gasteiger charge is 2.25. The number of aromatic nitrogens is 2. The number of hydrogen-bond donors (Lipinski definition) is 1. The number of piperidine rings is 1. The molecule has 0 unspecified atom stereocenters. The minimum absolute atomic E-state index is 0.0426. The molecule has 1 aromatic carbocycles. The molecule has 0 atom stereocenters. The third-order valence-corrected chi connectivity index (χ3v) is 6.39. The molecule has 1 aromatic heterocycles. The summed E-state index contributed by atoms with van der Waals surface area (Å²) in [5.41, 5.74) is 6.89. The Bertz CT molecular complexity index is 877. The zero-order valence-electron chi connectivity index (χ0n) is 18.5. The summed E-state index contributed by atoms with van der Waals surface area (Å²) >= 11 is 0. The number of benzene rings is 1. The molecule has 0 spiro atoms. The monoisotopic (exact) mass is 410 g/mol. The van der Waals surface area contributed by atoms with Crippen molar-refractivity contribution in [3.8, 4) is 0 Å². The molecule has 0 saturated carbocycles. The number of hydrogen-bond acceptors (Lipinski definition) is 4. The van der Waals surface area contributed by atoms with E-state index in [0.717, 1.165) is 75.3 Å². The van der Waals surface area contributed by atoms with Crippen LogP contribution in [-0.2, 0) is 30.9 Å². The molecular formula is C24H34N4O2. The maximum Gasteiger partial charge on any atom is 0.251 e. The number of nitrogens with one attached hydrogen (secondary N) is 1. The van der Waals surface area contributed by atoms with Gasteiger partial charge in [-0.3, -0.25) is 14.4 Å². The highest BCUT2D eigenvalue weighted by atomic mass is 16.5. The number of nitrogens with zero attached hydrogens (tertiary/aromatic N) is 3. The predicted molar refractivity (Wildman–Crippen MR) is 118 cm³/mol. The first-order chi connectivity index (χ1) is 14.5. The van der Waals surface area contributed by atoms with E-state index in [1.807, 2.05) is 26.0 Å². The van der Waals surface area contributed by atoms with Crippen molar-refractivity contribution < 1.29 is 9.53 Å². The van der Waals surface area contributed by atoms with E-state index in [4.69, 9.17) is 9.84 Å². The molecule has 1 N–H and O–H groups in total. The average Bonchev–Trinajstić information content (AvgIpc) is 3.10. The van der Waals surface area contributed by atoms with Crippen LogP contribution in [0.15, 0.2) is 18.2 Å². The SMILES string of the molecule is CCn1nc(CN2CCC(CNC(=O)c3cc(C)cc(C)c3)CC2)c2c1CCOC2. The van der Waals surface area contributed by atoms with Crippen molar-refractivity contribution in [2.45, 2.75) is 59.7 Å². The van der Waals surface area contributed by atoms with Crippen LogP contribution in [0.1, 0.15) is 58.2 Å². The van der Waals surface area contributed by atoms with Crippen LogP contribution in [0.3, 0.4) is 0 Å². The van der Waals surface area contributed by atoms with E-state index < -0.39 is 0 Å². The van der Waals surface area contributed by atoms with E-state index in [1.54, 1.807) is 0 Å². The molecule has 6 heteroatoms. The van der Waals surface area contributed by atoms with E-state index in [0.29, 0.717) is 12.5 Å². The highest BCUT2D eigenvalue weighted by Crippen LogP contribution is 2.24. The van der Waals surface area contributed by atoms with Gasteiger partial charge in [-0.25, -0.2) is 0 Å². The largest absolute Gasteiger partial charge is 0.376 e. The van der Waals surface area contributed by atoms with Crippen molar-refractivity contribution in [1.82, 2.24) is 20.0 Å². The second-order valence-corrected chi connectivity index (χ2v) is 8.80. The number of likely N-dealkylation sites (tertiary alicyclic amines) is 1. The van der Waals surface area contributed by atoms with Crippen LogP contribution in [-0.4, -0.2) is 46.8 Å². The lowest BCUT2D eigenvalue weighted by molar-refractivity contribution is 0.0934. The molecule has 6 nitrogen and oxygen atoms in total. The standard InChI is InChI=1S/C24H34N4O2/c1-4-28-23-7-10-30-16-21(23)22(26-28)15-27-8-5-19(6-9-27)14-25-24(29)20-12-17(2)11-18(3)13-20/h11-13,19H,4-10,14-16H2,1-3H3,(H,25,29). The highest BCUT2D eigenvalue weighted by molar-refractivity contribution is 5.94. The fraction of sp³-hybridized carbons (Fsp3) is 0.583. The molecule has 2 aliphatic rings. The predicted octanol–water partition coefficient (Wildman–Crippen LogP) is 3.23. The lowest BCUT2D eigenvalue weighted by Gasteiger charge is -2.31. The molecule has 0 bridgehead atoms. The van der Waals surface area contributed by atoms with Gasteiger partial charge in [0.15, 0.2) is 0 Å². The molecule has 0 aliphatic carbocycles. The van der Waals surface area contributed by atoms with Gasteiger partial charge >= 0.3 is 0 Å². The Morgan fingerprint density at radius 1 is 1.20 bits per heavy atom. The second-order valence-electron chi connectivity index (χ2n) is 8.80. The van der Waals surface area contributed by atoms with Crippen LogP contribution < -0.4 is 5.32 Å². The molecule has 0 radical (unpaired) electrons. The summed E-state index contributed by atoms with van der Waals surface area (Å²) in [6, 6.07) is 6.02. The summed E-state index contributed by atoms with van der Waals surface area (Å²) in [6.07, 6.45) is 3.19. The minimum Gasteiger partial charge on any atom is -0.376 e. The van der Waals surface area contributed by atoms with Crippen molar-refractivity contribution in [3.63, 3.8) is 0 Å². The summed E-state index contributed by atoms with van der Waals surface area (Å²) in [4.78, 5) is 15.0. The van der Waals surface area contributed by atoms with Gasteiger partial charge in [-0.05, 0) is 64.8 Å². The van der Waals surface area contributed by atoms with Gasteiger partial charge in [0.25, 0.3) is 5.91 Å². The number of fused-ring (bicyclic) bond motifs is 1. The third kappa shape index (κ3) is 4.76. The summed E-state index contributed by atoms with van der Waals surface area (Å²) in [7, 11) is 0. The van der Waals surface area contributed by atoms with Crippen LogP contribution in [0, 0.1) is 19.8 Å². The Morgan fingerprint density at radius 2 is 1.93 bits per heavy atom. The molecule has 1 amide bonds. The third-order valence-electron chi connectivity index (χ3n) is 6.39. The molecule has 30 heavy (non-hydrogen) atoms. The molecular weight excluding hydrogens is 376 g/mol. The normalized spacial score (nSPS) is 17.7. The van der Waals surface area contributed by atoms with Gasteiger partial charge in [-0.15, -0.1) is 0 Å². The summed E-state index contributed by atoms with van der Waals surface area (Å²) < 4.78 is 7.85. The van der Waals surface area contributed by atoms with Crippen LogP contribution >= 0.6 is 0 Å². The van der Waals surface area contributed by atoms with Crippen molar-refractivity contribution >= 4 is 5.91 Å². The Hall–Kier alpha value is -2.18. The van der Waals surface area contributed by atoms with E-state index >= 15 is 0 Å². The number of carbonyl (C=O) groups is 1. The summed E-state index contributed by atoms with van der Waals surface area (Å²) in [6.45, 7) is 12.4. The van der Waals surface area contributed by atoms with E-state index in [2.05, 4.69) is 27.9 Å². The molecule has 162 valence electrons. The maximum absolute atomic E-state index is 12.5. The Kier molecular flexibility index (Phi) is 6.54. The number of aryl methyl sites for hydroxylation is 3. The van der Waals surface area contributed by atoms with Gasteiger partial charge in [0.05, 0.1) is 18.9 Å². The molecule has 4 rings (SSSR count). The first-order valence-corrected chi connectivity index (χ1v) is 11.3. The van der Waals surface area contributed by atoms with Crippen LogP contribution in [0.4, 0.5) is 0 Å². The Morgan fingerprint density at radius 3 is 2.63 bits per heavy atom. The maximum atomic E-state index is 12.5. The van der Waals surface area contributed by atoms with Crippen molar-refractivity contribution in [2.75, 3.05) is 26.2 Å². The topological polar surface area (TPSA) is 59.4 Å². The Labute approximate surface area is 179 Å². The second kappa shape index (κ2) is 9.31. The van der Waals surface area contributed by atoms with Gasteiger partial charge in [-0.1, -0.05) is 17.2 Å². The first-order valence-electron chi connectivity index (χ1n) is 11.3. The number of rotatable bonds is 6. The molecule has 2 aromatic rings. The Balaban J connectivity index is 1.27. The van der Waals surface area contributed by atoms with Crippen LogP contribution in [0.5, 0.6) is 0 Å². The van der Waals surface area contributed by atoms with Crippen molar-refractivity contribution in [3.05, 3.63) is 51.8 Å². The quantitative estimate of drug-likeness (QED) is 0.794.